The summed E-state index contributed by atoms with van der Waals surface area (Å²) in [6.07, 6.45) is 0. The Morgan fingerprint density at radius 3 is 1.03 bits per heavy atom. The van der Waals surface area contributed by atoms with E-state index in [2.05, 4.69) is 0 Å². The summed E-state index contributed by atoms with van der Waals surface area (Å²) in [5.74, 6) is 0. The van der Waals surface area contributed by atoms with Crippen molar-refractivity contribution >= 4 is 60.2 Å². The molecule has 11 aromatic carbocycles. The van der Waals surface area contributed by atoms with E-state index in [1.807, 2.05) is 188 Å². The second-order valence-electron chi connectivity index (χ2n) is 14.7. The maximum Gasteiger partial charge on any atom is 0.0645 e. The topological polar surface area (TPSA) is 3.24 Å². The molecule has 0 atom stereocenters. The van der Waals surface area contributed by atoms with Crippen LogP contribution in [-0.4, -0.2) is 0 Å². The van der Waals surface area contributed by atoms with Crippen LogP contribution in [0.1, 0.15) is 11.0 Å². The Morgan fingerprint density at radius 2 is 0.610 bits per heavy atom. The largest absolute Gasteiger partial charge is 0.310 e. The Balaban J connectivity index is 1.23. The van der Waals surface area contributed by atoms with Crippen LogP contribution in [0.25, 0.3) is 87.6 Å². The molecule has 11 aromatic rings. The highest BCUT2D eigenvalue weighted by atomic mass is 15.1. The first-order valence-electron chi connectivity index (χ1n) is 23.7. The molecule has 11 rings (SSSR count). The third-order valence-corrected chi connectivity index (χ3v) is 11.1. The predicted octanol–water partition coefficient (Wildman–Crippen LogP) is 16.4. The van der Waals surface area contributed by atoms with Gasteiger partial charge in [-0.25, -0.2) is 0 Å². The molecule has 0 fully saturated rings. The van der Waals surface area contributed by atoms with E-state index in [0.29, 0.717) is 16.8 Å². The van der Waals surface area contributed by atoms with Gasteiger partial charge in [-0.1, -0.05) is 182 Å². The van der Waals surface area contributed by atoms with E-state index in [-0.39, 0.29) is 46.7 Å². The molecule has 0 aliphatic heterocycles. The SMILES string of the molecule is [2H]c1c([2H])c(N(c2cc(-c3ccccc3)cc(-c3ccccc3)c2)c2c([2H])c([2H])c(-c3cc4ccccc4c4ccccc34)c([2H])c2[2H])c([2H])c([2H])c1-c1cc2ccccc2c2ccccc12. The number of fused-ring (bicyclic) bond motifs is 6. The van der Waals surface area contributed by atoms with Gasteiger partial charge in [-0.3, -0.25) is 0 Å². The number of nitrogens with zero attached hydrogens (tertiary/aromatic N) is 1. The minimum Gasteiger partial charge on any atom is -0.310 e. The monoisotopic (exact) mass is 757 g/mol. The van der Waals surface area contributed by atoms with Crippen LogP contribution in [0.4, 0.5) is 17.1 Å². The summed E-state index contributed by atoms with van der Waals surface area (Å²) in [5, 5.41) is 7.11. The van der Waals surface area contributed by atoms with E-state index in [0.717, 1.165) is 65.3 Å². The van der Waals surface area contributed by atoms with E-state index in [9.17, 15) is 11.0 Å². The Bertz CT molecular complexity index is 3490. The van der Waals surface area contributed by atoms with E-state index in [4.69, 9.17) is 0 Å². The lowest BCUT2D eigenvalue weighted by atomic mass is 9.93. The lowest BCUT2D eigenvalue weighted by Crippen LogP contribution is -2.10. The summed E-state index contributed by atoms with van der Waals surface area (Å²) in [4.78, 5) is 1.41. The molecule has 1 heteroatoms. The van der Waals surface area contributed by atoms with Crippen LogP contribution in [-0.2, 0) is 0 Å². The van der Waals surface area contributed by atoms with Gasteiger partial charge in [0.15, 0.2) is 0 Å². The summed E-state index contributed by atoms with van der Waals surface area (Å²) in [6.45, 7) is 0. The van der Waals surface area contributed by atoms with Crippen LogP contribution in [0.5, 0.6) is 0 Å². The van der Waals surface area contributed by atoms with Crippen molar-refractivity contribution in [3.63, 3.8) is 0 Å². The Kier molecular flexibility index (Phi) is 6.70. The standard InChI is InChI=1S/C58H39N/c1-3-15-40(16-4-1)46-35-47(41-17-5-2-6-18-41)37-50(36-46)59(48-31-27-42(28-32-48)57-38-44-19-7-9-21-51(44)53-23-11-13-25-55(53)57)49-33-29-43(30-34-49)58-39-45-20-8-10-22-52(45)54-24-12-14-26-56(54)58/h1-39H/i27D,28D,29D,30D,31D,32D,33D,34D. The van der Waals surface area contributed by atoms with Gasteiger partial charge in [0, 0.05) is 17.1 Å². The van der Waals surface area contributed by atoms with Gasteiger partial charge in [-0.15, -0.1) is 0 Å². The molecule has 0 amide bonds. The molecule has 0 unspecified atom stereocenters. The van der Waals surface area contributed by atoms with Crippen LogP contribution in [0.15, 0.2) is 236 Å². The molecule has 0 heterocycles. The zero-order valence-electron chi connectivity index (χ0n) is 39.8. The Hall–Kier alpha value is -7.74. The van der Waals surface area contributed by atoms with Crippen molar-refractivity contribution in [3.8, 4) is 44.5 Å². The van der Waals surface area contributed by atoms with Crippen molar-refractivity contribution in [3.05, 3.63) is 236 Å². The van der Waals surface area contributed by atoms with Gasteiger partial charge in [0.25, 0.3) is 0 Å². The number of benzene rings is 11. The lowest BCUT2D eigenvalue weighted by molar-refractivity contribution is 1.28. The van der Waals surface area contributed by atoms with Crippen molar-refractivity contribution in [2.75, 3.05) is 4.90 Å². The molecule has 59 heavy (non-hydrogen) atoms. The van der Waals surface area contributed by atoms with Gasteiger partial charge in [-0.05, 0) is 142 Å². The maximum atomic E-state index is 9.90. The third-order valence-electron chi connectivity index (χ3n) is 11.1. The zero-order valence-corrected chi connectivity index (χ0v) is 31.8. The molecular formula is C58H39N. The second-order valence-corrected chi connectivity index (χ2v) is 14.7. The fraction of sp³-hybridized carbons (Fsp3) is 0. The maximum absolute atomic E-state index is 9.90. The van der Waals surface area contributed by atoms with Gasteiger partial charge in [-0.2, -0.15) is 0 Å². The zero-order chi connectivity index (χ0) is 46.1. The summed E-state index contributed by atoms with van der Waals surface area (Å²) >= 11 is 0. The second kappa shape index (κ2) is 14.6. The van der Waals surface area contributed by atoms with Crippen molar-refractivity contribution in [2.24, 2.45) is 0 Å². The van der Waals surface area contributed by atoms with Crippen LogP contribution < -0.4 is 4.90 Å². The van der Waals surface area contributed by atoms with Gasteiger partial charge >= 0.3 is 0 Å². The minimum absolute atomic E-state index is 0.113. The molecule has 0 spiro atoms. The highest BCUT2D eigenvalue weighted by Gasteiger charge is 2.18. The molecular weight excluding hydrogens is 711 g/mol. The van der Waals surface area contributed by atoms with Crippen molar-refractivity contribution in [1.82, 2.24) is 0 Å². The molecule has 0 aliphatic carbocycles. The molecule has 1 nitrogen and oxygen atoms in total. The molecule has 0 saturated carbocycles. The molecule has 0 bridgehead atoms. The highest BCUT2D eigenvalue weighted by molar-refractivity contribution is 6.15. The summed E-state index contributed by atoms with van der Waals surface area (Å²) < 4.78 is 78.7. The summed E-state index contributed by atoms with van der Waals surface area (Å²) in [6, 6.07) is 57.4. The van der Waals surface area contributed by atoms with Crippen LogP contribution in [0, 0.1) is 0 Å². The molecule has 0 aliphatic rings. The first-order valence-corrected chi connectivity index (χ1v) is 19.7. The van der Waals surface area contributed by atoms with Gasteiger partial charge < -0.3 is 4.90 Å². The predicted molar refractivity (Wildman–Crippen MR) is 253 cm³/mol. The quantitative estimate of drug-likeness (QED) is 0.146. The lowest BCUT2D eigenvalue weighted by Gasteiger charge is -2.27. The number of hydrogen-bond acceptors (Lipinski definition) is 1. The molecule has 0 aromatic heterocycles. The smallest absolute Gasteiger partial charge is 0.0645 e. The first-order chi connectivity index (χ1) is 32.6. The molecule has 0 saturated heterocycles. The van der Waals surface area contributed by atoms with Gasteiger partial charge in [0.2, 0.25) is 0 Å². The van der Waals surface area contributed by atoms with E-state index in [1.54, 1.807) is 0 Å². The minimum atomic E-state index is -0.402. The normalized spacial score (nSPS) is 13.3. The van der Waals surface area contributed by atoms with E-state index in [1.165, 1.54) is 4.90 Å². The fourth-order valence-electron chi connectivity index (χ4n) is 8.33. The number of hydrogen-bond donors (Lipinski definition) is 0. The first kappa shape index (κ1) is 27.0. The van der Waals surface area contributed by atoms with Crippen molar-refractivity contribution in [2.45, 2.75) is 0 Å². The highest BCUT2D eigenvalue weighted by Crippen LogP contribution is 2.43. The van der Waals surface area contributed by atoms with Gasteiger partial charge in [0.05, 0.1) is 11.0 Å². The van der Waals surface area contributed by atoms with Crippen LogP contribution in [0.3, 0.4) is 0 Å². The average molecular weight is 758 g/mol. The summed E-state index contributed by atoms with van der Waals surface area (Å²) in [5.41, 5.74) is 4.44. The molecule has 0 N–H and O–H groups in total. The van der Waals surface area contributed by atoms with Gasteiger partial charge in [0.1, 0.15) is 0 Å². The third kappa shape index (κ3) is 6.30. The Labute approximate surface area is 356 Å². The summed E-state index contributed by atoms with van der Waals surface area (Å²) in [7, 11) is 0. The number of rotatable bonds is 7. The van der Waals surface area contributed by atoms with Crippen LogP contribution >= 0.6 is 0 Å². The molecule has 0 radical (unpaired) electrons. The average Bonchev–Trinajstić information content (AvgIpc) is 3.37. The van der Waals surface area contributed by atoms with Crippen molar-refractivity contribution < 1.29 is 11.0 Å². The van der Waals surface area contributed by atoms with E-state index < -0.39 is 24.2 Å². The van der Waals surface area contributed by atoms with Crippen molar-refractivity contribution in [1.29, 1.82) is 0 Å². The van der Waals surface area contributed by atoms with E-state index >= 15 is 0 Å². The van der Waals surface area contributed by atoms with Crippen LogP contribution in [0.2, 0.25) is 0 Å². The fourth-order valence-corrected chi connectivity index (χ4v) is 8.33. The molecule has 276 valence electrons. The number of anilines is 3. The Morgan fingerprint density at radius 1 is 0.254 bits per heavy atom.